The third kappa shape index (κ3) is 5.66. The van der Waals surface area contributed by atoms with Crippen LogP contribution < -0.4 is 15.6 Å². The summed E-state index contributed by atoms with van der Waals surface area (Å²) >= 11 is 5.84. The molecule has 9 heteroatoms. The van der Waals surface area contributed by atoms with Gasteiger partial charge in [-0.2, -0.15) is 0 Å². The molecular formula is C21H18ClN3O4S. The first-order valence-electron chi connectivity index (χ1n) is 8.85. The SMILES string of the molecule is O=C(NNC(=O)c1ccc(CNS(=O)(=O)c2cccc(Cl)c2)cc1)c1ccccc1. The van der Waals surface area contributed by atoms with Gasteiger partial charge in [0.2, 0.25) is 10.0 Å². The molecule has 0 radical (unpaired) electrons. The van der Waals surface area contributed by atoms with Crippen molar-refractivity contribution in [3.63, 3.8) is 0 Å². The summed E-state index contributed by atoms with van der Waals surface area (Å²) in [6, 6.07) is 20.7. The van der Waals surface area contributed by atoms with Crippen molar-refractivity contribution in [2.75, 3.05) is 0 Å². The summed E-state index contributed by atoms with van der Waals surface area (Å²) in [4.78, 5) is 24.2. The van der Waals surface area contributed by atoms with Crippen LogP contribution in [0.2, 0.25) is 5.02 Å². The molecule has 3 aromatic rings. The molecule has 0 aliphatic heterocycles. The lowest BCUT2D eigenvalue weighted by Gasteiger charge is -2.09. The van der Waals surface area contributed by atoms with Crippen molar-refractivity contribution >= 4 is 33.4 Å². The van der Waals surface area contributed by atoms with Gasteiger partial charge in [-0.1, -0.05) is 48.0 Å². The van der Waals surface area contributed by atoms with E-state index in [1.54, 1.807) is 54.6 Å². The largest absolute Gasteiger partial charge is 0.269 e. The molecular weight excluding hydrogens is 426 g/mol. The van der Waals surface area contributed by atoms with E-state index in [4.69, 9.17) is 11.6 Å². The van der Waals surface area contributed by atoms with Crippen molar-refractivity contribution in [1.82, 2.24) is 15.6 Å². The molecule has 0 fully saturated rings. The van der Waals surface area contributed by atoms with Crippen LogP contribution in [0.15, 0.2) is 83.8 Å². The summed E-state index contributed by atoms with van der Waals surface area (Å²) < 4.78 is 27.1. The van der Waals surface area contributed by atoms with Gasteiger partial charge >= 0.3 is 0 Å². The highest BCUT2D eigenvalue weighted by molar-refractivity contribution is 7.89. The van der Waals surface area contributed by atoms with Crippen molar-refractivity contribution in [3.8, 4) is 0 Å². The zero-order valence-electron chi connectivity index (χ0n) is 15.6. The van der Waals surface area contributed by atoms with E-state index in [0.29, 0.717) is 21.7 Å². The fourth-order valence-electron chi connectivity index (χ4n) is 2.52. The third-order valence-corrected chi connectivity index (χ3v) is 5.75. The normalized spacial score (nSPS) is 11.0. The highest BCUT2D eigenvalue weighted by atomic mass is 35.5. The maximum Gasteiger partial charge on any atom is 0.269 e. The lowest BCUT2D eigenvalue weighted by Crippen LogP contribution is -2.41. The molecule has 3 aromatic carbocycles. The van der Waals surface area contributed by atoms with Crippen LogP contribution in [0.5, 0.6) is 0 Å². The zero-order valence-corrected chi connectivity index (χ0v) is 17.2. The lowest BCUT2D eigenvalue weighted by molar-refractivity contribution is 0.0846. The maximum absolute atomic E-state index is 12.3. The molecule has 0 spiro atoms. The van der Waals surface area contributed by atoms with Gasteiger partial charge in [-0.15, -0.1) is 0 Å². The molecule has 3 rings (SSSR count). The Morgan fingerprint density at radius 2 is 1.37 bits per heavy atom. The fraction of sp³-hybridized carbons (Fsp3) is 0.0476. The average molecular weight is 444 g/mol. The Bertz CT molecular complexity index is 1150. The van der Waals surface area contributed by atoms with E-state index in [9.17, 15) is 18.0 Å². The number of hydrogen-bond acceptors (Lipinski definition) is 4. The molecule has 0 aliphatic carbocycles. The number of benzene rings is 3. The van der Waals surface area contributed by atoms with E-state index < -0.39 is 21.8 Å². The first kappa shape index (κ1) is 21.5. The number of sulfonamides is 1. The number of amides is 2. The fourth-order valence-corrected chi connectivity index (χ4v) is 3.84. The Balaban J connectivity index is 1.55. The van der Waals surface area contributed by atoms with Gasteiger partial charge in [0, 0.05) is 22.7 Å². The quantitative estimate of drug-likeness (QED) is 0.509. The van der Waals surface area contributed by atoms with Crippen LogP contribution in [0.4, 0.5) is 0 Å². The molecule has 0 aliphatic rings. The van der Waals surface area contributed by atoms with E-state index in [1.165, 1.54) is 24.3 Å². The number of hydrazine groups is 1. The standard InChI is InChI=1S/C21H18ClN3O4S/c22-18-7-4-8-19(13-18)30(28,29)23-14-15-9-11-17(12-10-15)21(27)25-24-20(26)16-5-2-1-3-6-16/h1-13,23H,14H2,(H,24,26)(H,25,27). The van der Waals surface area contributed by atoms with Crippen molar-refractivity contribution in [3.05, 3.63) is 101 Å². The summed E-state index contributed by atoms with van der Waals surface area (Å²) in [5.74, 6) is -0.929. The number of rotatable bonds is 6. The molecule has 7 nitrogen and oxygen atoms in total. The molecule has 0 atom stereocenters. The van der Waals surface area contributed by atoms with Gasteiger partial charge in [-0.25, -0.2) is 13.1 Å². The maximum atomic E-state index is 12.3. The average Bonchev–Trinajstić information content (AvgIpc) is 2.77. The van der Waals surface area contributed by atoms with Gasteiger partial charge in [0.25, 0.3) is 11.8 Å². The number of carbonyl (C=O) groups is 2. The van der Waals surface area contributed by atoms with Gasteiger partial charge in [-0.05, 0) is 48.0 Å². The predicted octanol–water partition coefficient (Wildman–Crippen LogP) is 2.89. The molecule has 3 N–H and O–H groups in total. The van der Waals surface area contributed by atoms with Crippen LogP contribution in [0.3, 0.4) is 0 Å². The number of hydrogen-bond donors (Lipinski definition) is 3. The molecule has 0 bridgehead atoms. The molecule has 0 heterocycles. The van der Waals surface area contributed by atoms with Crippen LogP contribution in [-0.2, 0) is 16.6 Å². The third-order valence-electron chi connectivity index (χ3n) is 4.11. The second kappa shape index (κ2) is 9.53. The van der Waals surface area contributed by atoms with E-state index in [2.05, 4.69) is 15.6 Å². The summed E-state index contributed by atoms with van der Waals surface area (Å²) in [5, 5.41) is 0.326. The van der Waals surface area contributed by atoms with E-state index in [-0.39, 0.29) is 11.4 Å². The topological polar surface area (TPSA) is 104 Å². The second-order valence-corrected chi connectivity index (χ2v) is 8.46. The van der Waals surface area contributed by atoms with Crippen molar-refractivity contribution < 1.29 is 18.0 Å². The molecule has 154 valence electrons. The minimum Gasteiger partial charge on any atom is -0.267 e. The first-order chi connectivity index (χ1) is 14.3. The van der Waals surface area contributed by atoms with Crippen LogP contribution in [-0.4, -0.2) is 20.2 Å². The monoisotopic (exact) mass is 443 g/mol. The first-order valence-corrected chi connectivity index (χ1v) is 10.7. The second-order valence-electron chi connectivity index (χ2n) is 6.25. The molecule has 0 aromatic heterocycles. The summed E-state index contributed by atoms with van der Waals surface area (Å²) in [7, 11) is -3.71. The Morgan fingerprint density at radius 3 is 1.97 bits per heavy atom. The van der Waals surface area contributed by atoms with Crippen LogP contribution in [0.25, 0.3) is 0 Å². The molecule has 2 amide bonds. The van der Waals surface area contributed by atoms with Crippen LogP contribution >= 0.6 is 11.6 Å². The highest BCUT2D eigenvalue weighted by Gasteiger charge is 2.14. The predicted molar refractivity (Wildman–Crippen MR) is 113 cm³/mol. The minimum absolute atomic E-state index is 0.0431. The molecule has 0 saturated carbocycles. The van der Waals surface area contributed by atoms with E-state index in [1.807, 2.05) is 0 Å². The number of carbonyl (C=O) groups excluding carboxylic acids is 2. The highest BCUT2D eigenvalue weighted by Crippen LogP contribution is 2.15. The summed E-state index contributed by atoms with van der Waals surface area (Å²) in [5.41, 5.74) is 6.06. The van der Waals surface area contributed by atoms with Gasteiger partial charge in [0.1, 0.15) is 0 Å². The summed E-state index contributed by atoms with van der Waals surface area (Å²) in [6.45, 7) is 0.0431. The molecule has 0 unspecified atom stereocenters. The lowest BCUT2D eigenvalue weighted by atomic mass is 10.1. The van der Waals surface area contributed by atoms with E-state index in [0.717, 1.165) is 0 Å². The number of halogens is 1. The van der Waals surface area contributed by atoms with Gasteiger partial charge in [-0.3, -0.25) is 20.4 Å². The van der Waals surface area contributed by atoms with Gasteiger partial charge in [0.15, 0.2) is 0 Å². The summed E-state index contributed by atoms with van der Waals surface area (Å²) in [6.07, 6.45) is 0. The Kier molecular flexibility index (Phi) is 6.83. The minimum atomic E-state index is -3.71. The van der Waals surface area contributed by atoms with Crippen LogP contribution in [0, 0.1) is 0 Å². The zero-order chi connectivity index (χ0) is 21.6. The Hall–Kier alpha value is -3.20. The molecule has 0 saturated heterocycles. The van der Waals surface area contributed by atoms with Crippen molar-refractivity contribution in [2.45, 2.75) is 11.4 Å². The molecule has 30 heavy (non-hydrogen) atoms. The Morgan fingerprint density at radius 1 is 0.767 bits per heavy atom. The smallest absolute Gasteiger partial charge is 0.267 e. The van der Waals surface area contributed by atoms with Crippen LogP contribution in [0.1, 0.15) is 26.3 Å². The number of nitrogens with one attached hydrogen (secondary N) is 3. The van der Waals surface area contributed by atoms with Gasteiger partial charge in [0.05, 0.1) is 4.90 Å². The van der Waals surface area contributed by atoms with E-state index >= 15 is 0 Å². The van der Waals surface area contributed by atoms with Gasteiger partial charge < -0.3 is 0 Å². The Labute approximate surface area is 179 Å². The van der Waals surface area contributed by atoms with Crippen molar-refractivity contribution in [1.29, 1.82) is 0 Å². The van der Waals surface area contributed by atoms with Crippen molar-refractivity contribution in [2.24, 2.45) is 0 Å².